The van der Waals surface area contributed by atoms with Crippen LogP contribution in [0.3, 0.4) is 0 Å². The van der Waals surface area contributed by atoms with Crippen molar-refractivity contribution >= 4 is 55.3 Å². The lowest BCUT2D eigenvalue weighted by molar-refractivity contribution is 0.660. The smallest absolute Gasteiger partial charge is 0.0544 e. The van der Waals surface area contributed by atoms with Gasteiger partial charge < -0.3 is 9.47 Å². The Balaban J connectivity index is 0.939. The maximum absolute atomic E-state index is 2.49. The molecule has 272 valence electrons. The Morgan fingerprint density at radius 3 is 1.91 bits per heavy atom. The predicted octanol–water partition coefficient (Wildman–Crippen LogP) is 15.2. The first kappa shape index (κ1) is 33.4. The van der Waals surface area contributed by atoms with E-state index < -0.39 is 0 Å². The Labute approximate surface area is 334 Å². The lowest BCUT2D eigenvalue weighted by atomic mass is 9.82. The average molecular weight is 731 g/mol. The monoisotopic (exact) mass is 730 g/mol. The summed E-state index contributed by atoms with van der Waals surface area (Å²) >= 11 is 0. The van der Waals surface area contributed by atoms with Crippen LogP contribution in [-0.2, 0) is 5.41 Å². The number of fused-ring (bicyclic) bond motifs is 8. The Kier molecular flexibility index (Phi) is 7.69. The lowest BCUT2D eigenvalue weighted by Crippen LogP contribution is -2.16. The topological polar surface area (TPSA) is 8.17 Å². The molecule has 0 amide bonds. The summed E-state index contributed by atoms with van der Waals surface area (Å²) in [5, 5.41) is 5.21. The largest absolute Gasteiger partial charge is 0.313 e. The third-order valence-electron chi connectivity index (χ3n) is 12.5. The van der Waals surface area contributed by atoms with E-state index in [1.807, 2.05) is 0 Å². The van der Waals surface area contributed by atoms with E-state index in [0.29, 0.717) is 0 Å². The van der Waals surface area contributed by atoms with Gasteiger partial charge in [0, 0.05) is 38.9 Å². The first-order valence-corrected chi connectivity index (χ1v) is 20.2. The van der Waals surface area contributed by atoms with Crippen molar-refractivity contribution in [3.63, 3.8) is 0 Å². The van der Waals surface area contributed by atoms with Crippen LogP contribution in [0.15, 0.2) is 194 Å². The number of rotatable bonds is 6. The highest BCUT2D eigenvalue weighted by molar-refractivity contribution is 6.22. The standard InChI is InChI=1S/C55H42N2/c1-55(2)50-20-12-11-19-47(50)48-32-31-45(36-51(48)55)56(42-14-5-3-6-15-42)44-29-25-38(26-30-44)37-21-23-39(24-22-37)41-28-33-52-49(35-41)54-46-18-10-9-13-40(46)27-34-53(54)57(52)43-16-7-4-8-17-43/h3-7,9-16,18-36H,8,17H2,1-2H3. The van der Waals surface area contributed by atoms with Crippen LogP contribution in [0.1, 0.15) is 37.8 Å². The fraction of sp³-hybridized carbons (Fsp3) is 0.0909. The van der Waals surface area contributed by atoms with Gasteiger partial charge in [-0.25, -0.2) is 0 Å². The van der Waals surface area contributed by atoms with E-state index in [1.54, 1.807) is 0 Å². The number of allylic oxidation sites excluding steroid dienone is 4. The summed E-state index contributed by atoms with van der Waals surface area (Å²) < 4.78 is 2.49. The first-order chi connectivity index (χ1) is 28.0. The molecule has 2 nitrogen and oxygen atoms in total. The molecule has 0 saturated heterocycles. The van der Waals surface area contributed by atoms with Crippen LogP contribution >= 0.6 is 0 Å². The van der Waals surface area contributed by atoms with E-state index in [9.17, 15) is 0 Å². The van der Waals surface area contributed by atoms with Gasteiger partial charge in [-0.3, -0.25) is 0 Å². The third kappa shape index (κ3) is 5.39. The second kappa shape index (κ2) is 13.1. The molecular weight excluding hydrogens is 689 g/mol. The molecule has 0 saturated carbocycles. The fourth-order valence-electron chi connectivity index (χ4n) is 9.57. The minimum Gasteiger partial charge on any atom is -0.313 e. The summed E-state index contributed by atoms with van der Waals surface area (Å²) in [5.41, 5.74) is 17.6. The van der Waals surface area contributed by atoms with Crippen LogP contribution in [0, 0.1) is 0 Å². The quantitative estimate of drug-likeness (QED) is 0.165. The van der Waals surface area contributed by atoms with Crippen molar-refractivity contribution in [2.45, 2.75) is 32.1 Å². The SMILES string of the molecule is CC1(C)c2ccccc2-c2ccc(N(c3ccccc3)c3ccc(-c4ccc(-c5ccc6c(c5)c5c7ccccc7ccc5n6C5=CC=CCC5)cc4)cc3)cc21. The van der Waals surface area contributed by atoms with Gasteiger partial charge in [0.1, 0.15) is 0 Å². The molecule has 2 aliphatic rings. The maximum Gasteiger partial charge on any atom is 0.0544 e. The minimum absolute atomic E-state index is 0.0656. The van der Waals surface area contributed by atoms with Crippen molar-refractivity contribution in [2.75, 3.05) is 4.90 Å². The second-order valence-electron chi connectivity index (χ2n) is 16.1. The van der Waals surface area contributed by atoms with E-state index in [1.165, 1.54) is 88.5 Å². The Bertz CT molecular complexity index is 3070. The molecule has 0 bridgehead atoms. The third-order valence-corrected chi connectivity index (χ3v) is 12.5. The number of anilines is 3. The minimum atomic E-state index is -0.0656. The number of hydrogen-bond acceptors (Lipinski definition) is 1. The summed E-state index contributed by atoms with van der Waals surface area (Å²) in [4.78, 5) is 2.38. The van der Waals surface area contributed by atoms with E-state index >= 15 is 0 Å². The van der Waals surface area contributed by atoms with Crippen molar-refractivity contribution in [1.29, 1.82) is 0 Å². The number of aromatic nitrogens is 1. The Morgan fingerprint density at radius 1 is 0.491 bits per heavy atom. The van der Waals surface area contributed by atoms with E-state index in [0.717, 1.165) is 24.2 Å². The molecule has 0 radical (unpaired) electrons. The van der Waals surface area contributed by atoms with Gasteiger partial charge in [0.15, 0.2) is 0 Å². The molecule has 11 rings (SSSR count). The molecule has 0 atom stereocenters. The van der Waals surface area contributed by atoms with Gasteiger partial charge in [-0.15, -0.1) is 0 Å². The van der Waals surface area contributed by atoms with Crippen LogP contribution in [0.2, 0.25) is 0 Å². The molecule has 2 aliphatic carbocycles. The highest BCUT2D eigenvalue weighted by atomic mass is 15.1. The van der Waals surface area contributed by atoms with Crippen LogP contribution in [0.25, 0.3) is 71.7 Å². The molecule has 1 aromatic heterocycles. The summed E-state index contributed by atoms with van der Waals surface area (Å²) in [6.45, 7) is 4.70. The number of hydrogen-bond donors (Lipinski definition) is 0. The zero-order valence-electron chi connectivity index (χ0n) is 32.3. The zero-order valence-corrected chi connectivity index (χ0v) is 32.3. The van der Waals surface area contributed by atoms with Crippen LogP contribution < -0.4 is 4.90 Å². The summed E-state index contributed by atoms with van der Waals surface area (Å²) in [7, 11) is 0. The van der Waals surface area contributed by atoms with E-state index in [4.69, 9.17) is 0 Å². The summed E-state index contributed by atoms with van der Waals surface area (Å²) in [6, 6.07) is 65.1. The van der Waals surface area contributed by atoms with Crippen LogP contribution in [0.4, 0.5) is 17.1 Å². The lowest BCUT2D eigenvalue weighted by Gasteiger charge is -2.28. The Hall–Kier alpha value is -6.90. The van der Waals surface area contributed by atoms with Gasteiger partial charge >= 0.3 is 0 Å². The van der Waals surface area contributed by atoms with Gasteiger partial charge in [0.25, 0.3) is 0 Å². The first-order valence-electron chi connectivity index (χ1n) is 20.2. The van der Waals surface area contributed by atoms with Gasteiger partial charge in [0.05, 0.1) is 11.0 Å². The summed E-state index contributed by atoms with van der Waals surface area (Å²) in [6.07, 6.45) is 8.86. The molecule has 0 N–H and O–H groups in total. The van der Waals surface area contributed by atoms with Crippen molar-refractivity contribution in [2.24, 2.45) is 0 Å². The molecule has 8 aromatic carbocycles. The molecule has 0 aliphatic heterocycles. The van der Waals surface area contributed by atoms with Gasteiger partial charge in [0.2, 0.25) is 0 Å². The predicted molar refractivity (Wildman–Crippen MR) is 243 cm³/mol. The molecule has 0 fully saturated rings. The normalized spacial score (nSPS) is 14.2. The number of benzene rings is 8. The number of nitrogens with zero attached hydrogens (tertiary/aromatic N) is 2. The van der Waals surface area contributed by atoms with E-state index in [2.05, 4.69) is 217 Å². The second-order valence-corrected chi connectivity index (χ2v) is 16.1. The highest BCUT2D eigenvalue weighted by Gasteiger charge is 2.35. The van der Waals surface area contributed by atoms with Crippen LogP contribution in [-0.4, -0.2) is 4.57 Å². The van der Waals surface area contributed by atoms with Crippen molar-refractivity contribution in [3.05, 3.63) is 205 Å². The summed E-state index contributed by atoms with van der Waals surface area (Å²) in [5.74, 6) is 0. The molecule has 0 spiro atoms. The molecule has 9 aromatic rings. The molecule has 1 heterocycles. The molecular formula is C55H42N2. The molecule has 2 heteroatoms. The molecule has 0 unspecified atom stereocenters. The van der Waals surface area contributed by atoms with Gasteiger partial charge in [-0.2, -0.15) is 0 Å². The fourth-order valence-corrected chi connectivity index (χ4v) is 9.57. The number of para-hydroxylation sites is 1. The zero-order chi connectivity index (χ0) is 38.1. The van der Waals surface area contributed by atoms with Crippen molar-refractivity contribution in [1.82, 2.24) is 4.57 Å². The van der Waals surface area contributed by atoms with Gasteiger partial charge in [-0.1, -0.05) is 147 Å². The highest BCUT2D eigenvalue weighted by Crippen LogP contribution is 2.50. The molecule has 57 heavy (non-hydrogen) atoms. The van der Waals surface area contributed by atoms with Crippen molar-refractivity contribution < 1.29 is 0 Å². The van der Waals surface area contributed by atoms with E-state index in [-0.39, 0.29) is 5.41 Å². The van der Waals surface area contributed by atoms with Crippen LogP contribution in [0.5, 0.6) is 0 Å². The Morgan fingerprint density at radius 2 is 1.12 bits per heavy atom. The van der Waals surface area contributed by atoms with Crippen molar-refractivity contribution in [3.8, 4) is 33.4 Å². The average Bonchev–Trinajstić information content (AvgIpc) is 3.73. The maximum atomic E-state index is 2.49. The van der Waals surface area contributed by atoms with Gasteiger partial charge in [-0.05, 0) is 129 Å².